The molecule has 0 aromatic carbocycles. The van der Waals surface area contributed by atoms with Gasteiger partial charge in [-0.1, -0.05) is 0 Å². The maximum atomic E-state index is 11.8. The highest BCUT2D eigenvalue weighted by Gasteiger charge is 2.25. The van der Waals surface area contributed by atoms with Gasteiger partial charge in [-0.3, -0.25) is 4.99 Å². The van der Waals surface area contributed by atoms with Crippen LogP contribution in [0.4, 0.5) is 13.2 Å². The van der Waals surface area contributed by atoms with Crippen LogP contribution in [-0.4, -0.2) is 25.1 Å². The molecule has 2 nitrogen and oxygen atoms in total. The Balaban J connectivity index is 2.06. The molecule has 0 atom stereocenters. The van der Waals surface area contributed by atoms with Gasteiger partial charge in [-0.15, -0.1) is 0 Å². The molecule has 0 saturated carbocycles. The van der Waals surface area contributed by atoms with Gasteiger partial charge >= 0.3 is 6.18 Å². The van der Waals surface area contributed by atoms with E-state index >= 15 is 0 Å². The van der Waals surface area contributed by atoms with E-state index in [1.54, 1.807) is 0 Å². The van der Waals surface area contributed by atoms with Crippen molar-refractivity contribution in [3.05, 3.63) is 0 Å². The Morgan fingerprint density at radius 1 is 1.29 bits per heavy atom. The van der Waals surface area contributed by atoms with E-state index in [0.29, 0.717) is 6.54 Å². The van der Waals surface area contributed by atoms with Crippen molar-refractivity contribution in [2.24, 2.45) is 4.99 Å². The number of nitrogens with one attached hydrogen (secondary N) is 1. The van der Waals surface area contributed by atoms with Crippen LogP contribution >= 0.6 is 0 Å². The maximum Gasteiger partial charge on any atom is 0.389 e. The van der Waals surface area contributed by atoms with Gasteiger partial charge in [0.1, 0.15) is 0 Å². The maximum absolute atomic E-state index is 11.8. The number of nitrogens with zero attached hydrogens (tertiary/aromatic N) is 1. The molecule has 1 rings (SSSR count). The first-order chi connectivity index (χ1) is 6.58. The van der Waals surface area contributed by atoms with Crippen molar-refractivity contribution in [3.63, 3.8) is 0 Å². The van der Waals surface area contributed by atoms with E-state index in [4.69, 9.17) is 0 Å². The lowest BCUT2D eigenvalue weighted by Gasteiger charge is -2.14. The molecule has 0 aliphatic carbocycles. The van der Waals surface area contributed by atoms with E-state index in [1.165, 1.54) is 0 Å². The summed E-state index contributed by atoms with van der Waals surface area (Å²) in [5, 5.41) is 2.94. The van der Waals surface area contributed by atoms with Gasteiger partial charge in [-0.05, 0) is 19.3 Å². The standard InChI is InChI=1S/C9H15F3N2/c10-9(11,12)5-3-7-14-8-4-1-2-6-13-8/h1-7H2,(H,13,14). The first kappa shape index (κ1) is 11.3. The first-order valence-electron chi connectivity index (χ1n) is 4.92. The Hall–Kier alpha value is -0.740. The number of halogens is 3. The van der Waals surface area contributed by atoms with Crippen molar-refractivity contribution in [1.29, 1.82) is 0 Å². The molecule has 14 heavy (non-hydrogen) atoms. The molecule has 0 amide bonds. The summed E-state index contributed by atoms with van der Waals surface area (Å²) in [6, 6.07) is 0. The van der Waals surface area contributed by atoms with E-state index in [-0.39, 0.29) is 6.42 Å². The number of hydrogen-bond acceptors (Lipinski definition) is 2. The Labute approximate surface area is 81.6 Å². The Morgan fingerprint density at radius 3 is 2.64 bits per heavy atom. The van der Waals surface area contributed by atoms with Gasteiger partial charge < -0.3 is 5.32 Å². The van der Waals surface area contributed by atoms with E-state index in [2.05, 4.69) is 10.3 Å². The molecule has 1 N–H and O–H groups in total. The summed E-state index contributed by atoms with van der Waals surface area (Å²) < 4.78 is 35.3. The lowest BCUT2D eigenvalue weighted by molar-refractivity contribution is -0.135. The zero-order chi connectivity index (χ0) is 10.4. The molecule has 0 unspecified atom stereocenters. The summed E-state index contributed by atoms with van der Waals surface area (Å²) >= 11 is 0. The van der Waals surface area contributed by atoms with Crippen LogP contribution in [0.25, 0.3) is 0 Å². The second-order valence-electron chi connectivity index (χ2n) is 3.43. The monoisotopic (exact) mass is 208 g/mol. The van der Waals surface area contributed by atoms with Crippen molar-refractivity contribution in [2.45, 2.75) is 38.3 Å². The molecular weight excluding hydrogens is 193 g/mol. The fourth-order valence-electron chi connectivity index (χ4n) is 1.36. The Kier molecular flexibility index (Phi) is 4.22. The molecule has 0 radical (unpaired) electrons. The van der Waals surface area contributed by atoms with Crippen LogP contribution < -0.4 is 5.32 Å². The first-order valence-corrected chi connectivity index (χ1v) is 4.92. The molecule has 82 valence electrons. The predicted molar refractivity (Wildman–Crippen MR) is 49.4 cm³/mol. The van der Waals surface area contributed by atoms with E-state index in [0.717, 1.165) is 31.6 Å². The smallest absolute Gasteiger partial charge is 0.374 e. The summed E-state index contributed by atoms with van der Waals surface area (Å²) in [7, 11) is 0. The van der Waals surface area contributed by atoms with Crippen molar-refractivity contribution < 1.29 is 13.2 Å². The quantitative estimate of drug-likeness (QED) is 0.708. The Morgan fingerprint density at radius 2 is 2.07 bits per heavy atom. The minimum atomic E-state index is -4.03. The molecule has 1 aliphatic rings. The van der Waals surface area contributed by atoms with Gasteiger partial charge in [-0.25, -0.2) is 0 Å². The van der Waals surface area contributed by atoms with Crippen molar-refractivity contribution in [3.8, 4) is 0 Å². The van der Waals surface area contributed by atoms with Crippen molar-refractivity contribution in [1.82, 2.24) is 5.32 Å². The summed E-state index contributed by atoms with van der Waals surface area (Å²) in [6.45, 7) is 1.18. The highest BCUT2D eigenvalue weighted by Crippen LogP contribution is 2.20. The zero-order valence-corrected chi connectivity index (χ0v) is 8.03. The molecule has 0 spiro atoms. The number of hydrogen-bond donors (Lipinski definition) is 1. The normalized spacial score (nSPS) is 17.8. The van der Waals surface area contributed by atoms with Crippen LogP contribution in [0.3, 0.4) is 0 Å². The van der Waals surface area contributed by atoms with Crippen LogP contribution in [0.5, 0.6) is 0 Å². The third-order valence-electron chi connectivity index (χ3n) is 2.09. The predicted octanol–water partition coefficient (Wildman–Crippen LogP) is 2.50. The highest BCUT2D eigenvalue weighted by atomic mass is 19.4. The third-order valence-corrected chi connectivity index (χ3v) is 2.09. The molecule has 0 aromatic rings. The van der Waals surface area contributed by atoms with Gasteiger partial charge in [0.2, 0.25) is 0 Å². The molecule has 0 bridgehead atoms. The number of amidine groups is 1. The lowest BCUT2D eigenvalue weighted by Crippen LogP contribution is -2.27. The summed E-state index contributed by atoms with van der Waals surface area (Å²) in [5.41, 5.74) is 0. The molecule has 0 aromatic heterocycles. The fourth-order valence-corrected chi connectivity index (χ4v) is 1.36. The summed E-state index contributed by atoms with van der Waals surface area (Å²) in [6.07, 6.45) is -1.56. The molecule has 0 fully saturated rings. The van der Waals surface area contributed by atoms with Crippen molar-refractivity contribution >= 4 is 5.84 Å². The molecule has 0 saturated heterocycles. The van der Waals surface area contributed by atoms with E-state index in [9.17, 15) is 13.2 Å². The Bertz CT molecular complexity index is 199. The summed E-state index contributed by atoms with van der Waals surface area (Å²) in [5.74, 6) is 0.874. The average Bonchev–Trinajstić information content (AvgIpc) is 2.13. The second-order valence-corrected chi connectivity index (χ2v) is 3.43. The van der Waals surface area contributed by atoms with Gasteiger partial charge in [0, 0.05) is 25.9 Å². The number of aliphatic imine (C=N–C) groups is 1. The van der Waals surface area contributed by atoms with Gasteiger partial charge in [-0.2, -0.15) is 13.2 Å². The van der Waals surface area contributed by atoms with Crippen LogP contribution in [-0.2, 0) is 0 Å². The van der Waals surface area contributed by atoms with Gasteiger partial charge in [0.05, 0.1) is 5.84 Å². The van der Waals surface area contributed by atoms with Gasteiger partial charge in [0.25, 0.3) is 0 Å². The molecule has 1 heterocycles. The zero-order valence-electron chi connectivity index (χ0n) is 8.03. The van der Waals surface area contributed by atoms with Crippen LogP contribution in [0.2, 0.25) is 0 Å². The SMILES string of the molecule is FC(F)(F)CCCNC1=NCCCC1. The average molecular weight is 208 g/mol. The number of rotatable bonds is 3. The van der Waals surface area contributed by atoms with Gasteiger partial charge in [0.15, 0.2) is 0 Å². The molecular formula is C9H15F3N2. The number of alkyl halides is 3. The summed E-state index contributed by atoms with van der Waals surface area (Å²) in [4.78, 5) is 4.19. The highest BCUT2D eigenvalue weighted by molar-refractivity contribution is 5.82. The van der Waals surface area contributed by atoms with E-state index < -0.39 is 12.6 Å². The second kappa shape index (κ2) is 5.22. The topological polar surface area (TPSA) is 24.4 Å². The fraction of sp³-hybridized carbons (Fsp3) is 0.889. The third kappa shape index (κ3) is 5.09. The minimum absolute atomic E-state index is 0.127. The van der Waals surface area contributed by atoms with Crippen LogP contribution in [0.15, 0.2) is 4.99 Å². The van der Waals surface area contributed by atoms with Crippen molar-refractivity contribution in [2.75, 3.05) is 13.1 Å². The van der Waals surface area contributed by atoms with E-state index in [1.807, 2.05) is 0 Å². The molecule has 5 heteroatoms. The van der Waals surface area contributed by atoms with Crippen LogP contribution in [0, 0.1) is 0 Å². The molecule has 1 aliphatic heterocycles. The minimum Gasteiger partial charge on any atom is -0.374 e. The lowest BCUT2D eigenvalue weighted by atomic mass is 10.2. The largest absolute Gasteiger partial charge is 0.389 e. The van der Waals surface area contributed by atoms with Crippen LogP contribution in [0.1, 0.15) is 32.1 Å².